The largest absolute Gasteiger partial charge is 0.482 e. The molecule has 150 valence electrons. The van der Waals surface area contributed by atoms with Gasteiger partial charge in [0.25, 0.3) is 5.56 Å². The van der Waals surface area contributed by atoms with Crippen LogP contribution in [0.1, 0.15) is 11.5 Å². The second kappa shape index (κ2) is 6.97. The summed E-state index contributed by atoms with van der Waals surface area (Å²) in [6, 6.07) is 12.7. The molecule has 0 radical (unpaired) electrons. The van der Waals surface area contributed by atoms with Crippen molar-refractivity contribution in [3.05, 3.63) is 74.4 Å². The fraction of sp³-hybridized carbons (Fsp3) is 0.143. The summed E-state index contributed by atoms with van der Waals surface area (Å²) in [7, 11) is 1.67. The summed E-state index contributed by atoms with van der Waals surface area (Å²) >= 11 is 12.7. The molecule has 3 heterocycles. The average molecular weight is 440 g/mol. The van der Waals surface area contributed by atoms with Crippen molar-refractivity contribution in [1.82, 2.24) is 24.1 Å². The van der Waals surface area contributed by atoms with Gasteiger partial charge >= 0.3 is 0 Å². The van der Waals surface area contributed by atoms with E-state index in [0.717, 1.165) is 11.1 Å². The Morgan fingerprint density at radius 2 is 1.83 bits per heavy atom. The Labute approximate surface area is 180 Å². The standard InChI is InChI=1S/C21H15Cl2N5O2/c1-11-7-8-12-14(22)9-15(23)19(18(12)24-11)30-10-17-25-26-21-27(2)20(29)13-5-3-4-6-16(13)28(17)21/h3-9H,10H2,1-2H3. The third kappa shape index (κ3) is 2.81. The first-order valence-corrected chi connectivity index (χ1v) is 9.91. The zero-order chi connectivity index (χ0) is 21.0. The molecule has 0 saturated carbocycles. The van der Waals surface area contributed by atoms with Crippen LogP contribution in [-0.4, -0.2) is 24.1 Å². The number of pyridine rings is 1. The fourth-order valence-electron chi connectivity index (χ4n) is 3.55. The summed E-state index contributed by atoms with van der Waals surface area (Å²) in [4.78, 5) is 17.2. The summed E-state index contributed by atoms with van der Waals surface area (Å²) in [5, 5.41) is 10.6. The van der Waals surface area contributed by atoms with Crippen LogP contribution in [0.5, 0.6) is 5.75 Å². The minimum atomic E-state index is -0.135. The molecular weight excluding hydrogens is 425 g/mol. The van der Waals surface area contributed by atoms with E-state index in [4.69, 9.17) is 27.9 Å². The first-order valence-electron chi connectivity index (χ1n) is 9.15. The molecule has 0 amide bonds. The van der Waals surface area contributed by atoms with Gasteiger partial charge in [0, 0.05) is 18.1 Å². The number of para-hydroxylation sites is 1. The Morgan fingerprint density at radius 3 is 2.67 bits per heavy atom. The highest BCUT2D eigenvalue weighted by Crippen LogP contribution is 2.37. The number of fused-ring (bicyclic) bond motifs is 4. The molecule has 0 fully saturated rings. The van der Waals surface area contributed by atoms with Gasteiger partial charge in [-0.15, -0.1) is 10.2 Å². The van der Waals surface area contributed by atoms with Crippen LogP contribution in [0.3, 0.4) is 0 Å². The third-order valence-electron chi connectivity index (χ3n) is 5.02. The Hall–Kier alpha value is -3.16. The minimum Gasteiger partial charge on any atom is -0.482 e. The summed E-state index contributed by atoms with van der Waals surface area (Å²) in [5.41, 5.74) is 1.97. The molecular formula is C21H15Cl2N5O2. The molecule has 0 saturated heterocycles. The van der Waals surface area contributed by atoms with E-state index in [1.807, 2.05) is 37.3 Å². The van der Waals surface area contributed by atoms with E-state index in [-0.39, 0.29) is 12.2 Å². The van der Waals surface area contributed by atoms with E-state index in [1.165, 1.54) is 4.57 Å². The summed E-state index contributed by atoms with van der Waals surface area (Å²) < 4.78 is 9.34. The normalized spacial score (nSPS) is 11.6. The number of aryl methyl sites for hydroxylation is 2. The van der Waals surface area contributed by atoms with E-state index in [2.05, 4.69) is 15.2 Å². The lowest BCUT2D eigenvalue weighted by molar-refractivity contribution is 0.298. The number of ether oxygens (including phenoxy) is 1. The lowest BCUT2D eigenvalue weighted by Gasteiger charge is -2.12. The van der Waals surface area contributed by atoms with Crippen LogP contribution < -0.4 is 10.3 Å². The molecule has 5 rings (SSSR count). The number of hydrogen-bond acceptors (Lipinski definition) is 5. The highest BCUT2D eigenvalue weighted by Gasteiger charge is 2.17. The SMILES string of the molecule is Cc1ccc2c(Cl)cc(Cl)c(OCc3nnc4n(C)c(=O)c5ccccc5n34)c2n1. The number of hydrogen-bond donors (Lipinski definition) is 0. The topological polar surface area (TPSA) is 74.3 Å². The molecule has 0 spiro atoms. The average Bonchev–Trinajstić information content (AvgIpc) is 3.16. The van der Waals surface area contributed by atoms with Gasteiger partial charge in [-0.1, -0.05) is 35.3 Å². The van der Waals surface area contributed by atoms with Gasteiger partial charge in [-0.25, -0.2) is 4.98 Å². The predicted octanol–water partition coefficient (Wildman–Crippen LogP) is 4.32. The maximum atomic E-state index is 12.6. The van der Waals surface area contributed by atoms with Crippen molar-refractivity contribution in [2.45, 2.75) is 13.5 Å². The van der Waals surface area contributed by atoms with Crippen LogP contribution in [0.4, 0.5) is 0 Å². The van der Waals surface area contributed by atoms with E-state index < -0.39 is 0 Å². The van der Waals surface area contributed by atoms with Crippen LogP contribution in [0.2, 0.25) is 10.0 Å². The number of nitrogens with zero attached hydrogens (tertiary/aromatic N) is 5. The maximum Gasteiger partial charge on any atom is 0.262 e. The number of rotatable bonds is 3. The number of aromatic nitrogens is 5. The molecule has 0 atom stereocenters. The van der Waals surface area contributed by atoms with Crippen molar-refractivity contribution in [2.24, 2.45) is 7.05 Å². The van der Waals surface area contributed by atoms with Gasteiger partial charge in [0.15, 0.2) is 11.6 Å². The second-order valence-corrected chi connectivity index (χ2v) is 7.75. The molecule has 0 N–H and O–H groups in total. The molecule has 0 unspecified atom stereocenters. The zero-order valence-corrected chi connectivity index (χ0v) is 17.6. The summed E-state index contributed by atoms with van der Waals surface area (Å²) in [5.74, 6) is 1.38. The molecule has 5 aromatic rings. The Bertz CT molecular complexity index is 1520. The van der Waals surface area contributed by atoms with Crippen molar-refractivity contribution >= 4 is 50.8 Å². The number of benzene rings is 2. The van der Waals surface area contributed by atoms with Gasteiger partial charge < -0.3 is 4.74 Å². The molecule has 9 heteroatoms. The van der Waals surface area contributed by atoms with Crippen molar-refractivity contribution in [3.63, 3.8) is 0 Å². The van der Waals surface area contributed by atoms with Crippen molar-refractivity contribution in [2.75, 3.05) is 0 Å². The van der Waals surface area contributed by atoms with E-state index in [1.54, 1.807) is 23.6 Å². The highest BCUT2D eigenvalue weighted by molar-refractivity contribution is 6.39. The Morgan fingerprint density at radius 1 is 1.03 bits per heavy atom. The van der Waals surface area contributed by atoms with Crippen molar-refractivity contribution < 1.29 is 4.74 Å². The van der Waals surface area contributed by atoms with Crippen molar-refractivity contribution in [1.29, 1.82) is 0 Å². The molecule has 2 aromatic carbocycles. The van der Waals surface area contributed by atoms with Gasteiger partial charge in [0.1, 0.15) is 12.1 Å². The molecule has 0 aliphatic heterocycles. The van der Waals surface area contributed by atoms with Crippen LogP contribution in [0.15, 0.2) is 47.3 Å². The minimum absolute atomic E-state index is 0.0788. The third-order valence-corrected chi connectivity index (χ3v) is 5.61. The van der Waals surface area contributed by atoms with E-state index >= 15 is 0 Å². The van der Waals surface area contributed by atoms with E-state index in [9.17, 15) is 4.79 Å². The smallest absolute Gasteiger partial charge is 0.262 e. The van der Waals surface area contributed by atoms with Crippen LogP contribution in [0, 0.1) is 6.92 Å². The zero-order valence-electron chi connectivity index (χ0n) is 16.1. The Kier molecular flexibility index (Phi) is 4.38. The molecule has 3 aromatic heterocycles. The van der Waals surface area contributed by atoms with Gasteiger partial charge in [-0.05, 0) is 37.3 Å². The number of halogens is 2. The molecule has 7 nitrogen and oxygen atoms in total. The summed E-state index contributed by atoms with van der Waals surface area (Å²) in [6.07, 6.45) is 0. The molecule has 0 aliphatic rings. The lowest BCUT2D eigenvalue weighted by atomic mass is 10.2. The molecule has 0 aliphatic carbocycles. The van der Waals surface area contributed by atoms with Crippen LogP contribution in [0.25, 0.3) is 27.6 Å². The predicted molar refractivity (Wildman–Crippen MR) is 117 cm³/mol. The van der Waals surface area contributed by atoms with Gasteiger partial charge in [-0.3, -0.25) is 13.8 Å². The first kappa shape index (κ1) is 18.8. The summed E-state index contributed by atoms with van der Waals surface area (Å²) in [6.45, 7) is 1.96. The lowest BCUT2D eigenvalue weighted by Crippen LogP contribution is -2.20. The monoisotopic (exact) mass is 439 g/mol. The van der Waals surface area contributed by atoms with Gasteiger partial charge in [0.2, 0.25) is 5.78 Å². The highest BCUT2D eigenvalue weighted by atomic mass is 35.5. The van der Waals surface area contributed by atoms with Crippen LogP contribution in [-0.2, 0) is 13.7 Å². The van der Waals surface area contributed by atoms with Gasteiger partial charge in [0.05, 0.1) is 20.9 Å². The Balaban J connectivity index is 1.65. The van der Waals surface area contributed by atoms with E-state index in [0.29, 0.717) is 43.8 Å². The maximum absolute atomic E-state index is 12.6. The van der Waals surface area contributed by atoms with Crippen LogP contribution >= 0.6 is 23.2 Å². The first-order chi connectivity index (χ1) is 14.5. The van der Waals surface area contributed by atoms with Gasteiger partial charge in [-0.2, -0.15) is 0 Å². The quantitative estimate of drug-likeness (QED) is 0.418. The molecule has 30 heavy (non-hydrogen) atoms. The fourth-order valence-corrected chi connectivity index (χ4v) is 4.12. The van der Waals surface area contributed by atoms with Crippen molar-refractivity contribution in [3.8, 4) is 5.75 Å². The second-order valence-electron chi connectivity index (χ2n) is 6.94. The molecule has 0 bridgehead atoms.